The van der Waals surface area contributed by atoms with Gasteiger partial charge in [0.15, 0.2) is 0 Å². The van der Waals surface area contributed by atoms with E-state index in [0.717, 1.165) is 43.8 Å². The second kappa shape index (κ2) is 6.08. The highest BCUT2D eigenvalue weighted by atomic mass is 32.2. The van der Waals surface area contributed by atoms with Crippen molar-refractivity contribution in [2.75, 3.05) is 37.3 Å². The fourth-order valence-electron chi connectivity index (χ4n) is 2.94. The minimum absolute atomic E-state index is 0.207. The molecule has 3 nitrogen and oxygen atoms in total. The second-order valence-corrected chi connectivity index (χ2v) is 6.80. The molecule has 2 heterocycles. The van der Waals surface area contributed by atoms with Crippen LogP contribution in [-0.4, -0.2) is 43.2 Å². The molecule has 108 valence electrons. The number of carbonyl (C=O) groups excluding carboxylic acids is 1. The summed E-state index contributed by atoms with van der Waals surface area (Å²) in [6.07, 6.45) is 4.81. The van der Waals surface area contributed by atoms with Gasteiger partial charge in [-0.15, -0.1) is 11.8 Å². The van der Waals surface area contributed by atoms with Gasteiger partial charge in [0.1, 0.15) is 0 Å². The van der Waals surface area contributed by atoms with Crippen molar-refractivity contribution in [3.8, 4) is 0 Å². The molecule has 1 saturated heterocycles. The van der Waals surface area contributed by atoms with Gasteiger partial charge in [0.05, 0.1) is 5.69 Å². The van der Waals surface area contributed by atoms with Gasteiger partial charge < -0.3 is 9.80 Å². The Morgan fingerprint density at radius 3 is 2.60 bits per heavy atom. The lowest BCUT2D eigenvalue weighted by molar-refractivity contribution is 0.0761. The number of benzene rings is 1. The molecule has 0 atom stereocenters. The lowest BCUT2D eigenvalue weighted by atomic mass is 10.1. The van der Waals surface area contributed by atoms with Crippen molar-refractivity contribution in [2.24, 2.45) is 0 Å². The molecule has 0 bridgehead atoms. The molecule has 0 saturated carbocycles. The summed E-state index contributed by atoms with van der Waals surface area (Å²) < 4.78 is 0. The molecule has 0 aromatic heterocycles. The standard InChI is InChI=1S/C16H22N2OS/c1-17-10-11-20-15-7-6-13(12-14(15)17)16(19)18-8-4-2-3-5-9-18/h6-7,12H,2-5,8-11H2,1H3. The summed E-state index contributed by atoms with van der Waals surface area (Å²) >= 11 is 1.89. The van der Waals surface area contributed by atoms with Crippen LogP contribution in [0.15, 0.2) is 23.1 Å². The quantitative estimate of drug-likeness (QED) is 0.793. The first-order valence-corrected chi connectivity index (χ1v) is 8.51. The third-order valence-corrected chi connectivity index (χ3v) is 5.24. The van der Waals surface area contributed by atoms with Crippen LogP contribution in [0.5, 0.6) is 0 Å². The van der Waals surface area contributed by atoms with Crippen molar-refractivity contribution < 1.29 is 4.79 Å². The number of amides is 1. The molecule has 4 heteroatoms. The maximum atomic E-state index is 12.6. The summed E-state index contributed by atoms with van der Waals surface area (Å²) in [7, 11) is 2.11. The van der Waals surface area contributed by atoms with E-state index in [0.29, 0.717) is 0 Å². The Kier molecular flexibility index (Phi) is 4.20. The smallest absolute Gasteiger partial charge is 0.253 e. The van der Waals surface area contributed by atoms with Crippen LogP contribution in [0, 0.1) is 0 Å². The molecule has 0 N–H and O–H groups in total. The number of likely N-dealkylation sites (tertiary alicyclic amines) is 1. The summed E-state index contributed by atoms with van der Waals surface area (Å²) in [4.78, 5) is 18.2. The van der Waals surface area contributed by atoms with Crippen LogP contribution in [0.25, 0.3) is 0 Å². The van der Waals surface area contributed by atoms with Gasteiger partial charge >= 0.3 is 0 Å². The minimum Gasteiger partial charge on any atom is -0.373 e. The first-order valence-electron chi connectivity index (χ1n) is 7.53. The zero-order chi connectivity index (χ0) is 13.9. The highest BCUT2D eigenvalue weighted by Gasteiger charge is 2.20. The zero-order valence-electron chi connectivity index (χ0n) is 12.1. The average molecular weight is 290 g/mol. The van der Waals surface area contributed by atoms with Crippen LogP contribution in [0.1, 0.15) is 36.0 Å². The first-order chi connectivity index (χ1) is 9.75. The Morgan fingerprint density at radius 1 is 1.10 bits per heavy atom. The average Bonchev–Trinajstić information content (AvgIpc) is 2.76. The van der Waals surface area contributed by atoms with E-state index < -0.39 is 0 Å². The number of hydrogen-bond donors (Lipinski definition) is 0. The van der Waals surface area contributed by atoms with E-state index in [4.69, 9.17) is 0 Å². The van der Waals surface area contributed by atoms with Gasteiger partial charge in [-0.05, 0) is 31.0 Å². The number of nitrogens with zero attached hydrogens (tertiary/aromatic N) is 2. The van der Waals surface area contributed by atoms with E-state index in [1.807, 2.05) is 22.7 Å². The molecular formula is C16H22N2OS. The molecule has 0 aliphatic carbocycles. The van der Waals surface area contributed by atoms with Crippen molar-refractivity contribution in [3.63, 3.8) is 0 Å². The van der Waals surface area contributed by atoms with Crippen molar-refractivity contribution in [2.45, 2.75) is 30.6 Å². The van der Waals surface area contributed by atoms with Gasteiger partial charge in [-0.25, -0.2) is 0 Å². The van der Waals surface area contributed by atoms with E-state index in [-0.39, 0.29) is 5.91 Å². The normalized spacial score (nSPS) is 19.4. The first kappa shape index (κ1) is 13.8. The maximum absolute atomic E-state index is 12.6. The Labute approximate surface area is 125 Å². The summed E-state index contributed by atoms with van der Waals surface area (Å²) in [5, 5.41) is 0. The van der Waals surface area contributed by atoms with Crippen LogP contribution in [0.3, 0.4) is 0 Å². The molecule has 2 aliphatic heterocycles. The number of fused-ring (bicyclic) bond motifs is 1. The predicted molar refractivity (Wildman–Crippen MR) is 84.8 cm³/mol. The van der Waals surface area contributed by atoms with E-state index in [1.54, 1.807) is 0 Å². The molecule has 1 amide bonds. The Morgan fingerprint density at radius 2 is 1.85 bits per heavy atom. The van der Waals surface area contributed by atoms with Gasteiger partial charge in [-0.3, -0.25) is 4.79 Å². The maximum Gasteiger partial charge on any atom is 0.253 e. The summed E-state index contributed by atoms with van der Waals surface area (Å²) in [5.41, 5.74) is 2.06. The Hall–Kier alpha value is -1.16. The van der Waals surface area contributed by atoms with Gasteiger partial charge in [0.25, 0.3) is 5.91 Å². The van der Waals surface area contributed by atoms with E-state index >= 15 is 0 Å². The van der Waals surface area contributed by atoms with E-state index in [2.05, 4.69) is 24.1 Å². The molecule has 2 aliphatic rings. The molecule has 3 rings (SSSR count). The monoisotopic (exact) mass is 290 g/mol. The van der Waals surface area contributed by atoms with Crippen LogP contribution in [0.2, 0.25) is 0 Å². The van der Waals surface area contributed by atoms with Gasteiger partial charge in [0.2, 0.25) is 0 Å². The largest absolute Gasteiger partial charge is 0.373 e. The summed E-state index contributed by atoms with van der Waals surface area (Å²) in [5.74, 6) is 1.34. The van der Waals surface area contributed by atoms with Crippen LogP contribution >= 0.6 is 11.8 Å². The van der Waals surface area contributed by atoms with Crippen LogP contribution in [-0.2, 0) is 0 Å². The SMILES string of the molecule is CN1CCSc2ccc(C(=O)N3CCCCCC3)cc21. The number of carbonyl (C=O) groups is 1. The molecular weight excluding hydrogens is 268 g/mol. The number of thioether (sulfide) groups is 1. The highest BCUT2D eigenvalue weighted by molar-refractivity contribution is 7.99. The van der Waals surface area contributed by atoms with Gasteiger partial charge in [-0.1, -0.05) is 12.8 Å². The number of anilines is 1. The molecule has 0 radical (unpaired) electrons. The second-order valence-electron chi connectivity index (χ2n) is 5.66. The third kappa shape index (κ3) is 2.80. The third-order valence-electron chi connectivity index (χ3n) is 4.19. The zero-order valence-corrected chi connectivity index (χ0v) is 12.9. The Balaban J connectivity index is 1.82. The van der Waals surface area contributed by atoms with Crippen molar-refractivity contribution in [1.82, 2.24) is 4.90 Å². The topological polar surface area (TPSA) is 23.6 Å². The van der Waals surface area contributed by atoms with E-state index in [1.165, 1.54) is 23.4 Å². The van der Waals surface area contributed by atoms with Crippen molar-refractivity contribution in [3.05, 3.63) is 23.8 Å². The van der Waals surface area contributed by atoms with Crippen LogP contribution in [0.4, 0.5) is 5.69 Å². The summed E-state index contributed by atoms with van der Waals surface area (Å²) in [6.45, 7) is 2.89. The fraction of sp³-hybridized carbons (Fsp3) is 0.562. The number of hydrogen-bond acceptors (Lipinski definition) is 3. The minimum atomic E-state index is 0.207. The van der Waals surface area contributed by atoms with Crippen molar-refractivity contribution in [1.29, 1.82) is 0 Å². The Bertz CT molecular complexity index is 495. The molecule has 1 aromatic rings. The lowest BCUT2D eigenvalue weighted by Gasteiger charge is -2.28. The predicted octanol–water partition coefficient (Wildman–Crippen LogP) is 3.24. The van der Waals surface area contributed by atoms with Gasteiger partial charge in [-0.2, -0.15) is 0 Å². The summed E-state index contributed by atoms with van der Waals surface area (Å²) in [6, 6.07) is 6.19. The fourth-order valence-corrected chi connectivity index (χ4v) is 4.05. The molecule has 1 fully saturated rings. The van der Waals surface area contributed by atoms with Gasteiger partial charge in [0, 0.05) is 42.9 Å². The molecule has 0 spiro atoms. The molecule has 0 unspecified atom stereocenters. The van der Waals surface area contributed by atoms with Crippen LogP contribution < -0.4 is 4.90 Å². The van der Waals surface area contributed by atoms with E-state index in [9.17, 15) is 4.79 Å². The highest BCUT2D eigenvalue weighted by Crippen LogP contribution is 2.34. The molecule has 1 aromatic carbocycles. The number of rotatable bonds is 1. The van der Waals surface area contributed by atoms with Crippen molar-refractivity contribution >= 4 is 23.4 Å². The molecule has 20 heavy (non-hydrogen) atoms. The lowest BCUT2D eigenvalue weighted by Crippen LogP contribution is -2.32.